The van der Waals surface area contributed by atoms with E-state index in [9.17, 15) is 14.4 Å². The lowest BCUT2D eigenvalue weighted by Gasteiger charge is -2.31. The molecular formula is C27H34O9. The fraction of sp³-hybridized carbons (Fsp3) is 0.593. The third kappa shape index (κ3) is 6.66. The maximum absolute atomic E-state index is 12.9. The van der Waals surface area contributed by atoms with Crippen molar-refractivity contribution in [3.63, 3.8) is 0 Å². The number of hydrogen-bond acceptors (Lipinski definition) is 9. The van der Waals surface area contributed by atoms with Gasteiger partial charge in [0.25, 0.3) is 0 Å². The zero-order valence-corrected chi connectivity index (χ0v) is 20.9. The van der Waals surface area contributed by atoms with E-state index in [4.69, 9.17) is 28.4 Å². The summed E-state index contributed by atoms with van der Waals surface area (Å²) in [5, 5.41) is 0. The molecule has 3 aliphatic heterocycles. The highest BCUT2D eigenvalue weighted by Crippen LogP contribution is 2.27. The van der Waals surface area contributed by atoms with Crippen molar-refractivity contribution in [3.8, 4) is 0 Å². The summed E-state index contributed by atoms with van der Waals surface area (Å²) in [6.45, 7) is 5.54. The molecule has 1 aromatic rings. The fourth-order valence-corrected chi connectivity index (χ4v) is 4.59. The van der Waals surface area contributed by atoms with Crippen LogP contribution in [-0.2, 0) is 49.4 Å². The summed E-state index contributed by atoms with van der Waals surface area (Å²) in [5.41, 5.74) is 0.966. The minimum atomic E-state index is -0.886. The maximum Gasteiger partial charge on any atom is 0.191 e. The van der Waals surface area contributed by atoms with Crippen LogP contribution in [-0.4, -0.2) is 66.6 Å². The number of carbonyl (C=O) groups is 3. The first-order chi connectivity index (χ1) is 17.3. The molecule has 8 atom stereocenters. The van der Waals surface area contributed by atoms with Gasteiger partial charge in [-0.15, -0.1) is 0 Å². The fourth-order valence-electron chi connectivity index (χ4n) is 4.59. The van der Waals surface area contributed by atoms with Gasteiger partial charge in [0.15, 0.2) is 36.0 Å². The van der Waals surface area contributed by atoms with Crippen molar-refractivity contribution in [2.75, 3.05) is 0 Å². The van der Waals surface area contributed by atoms with Crippen LogP contribution < -0.4 is 0 Å². The van der Waals surface area contributed by atoms with Crippen LogP contribution in [0.25, 0.3) is 0 Å². The molecule has 0 aliphatic carbocycles. The monoisotopic (exact) mass is 502 g/mol. The van der Waals surface area contributed by atoms with Crippen LogP contribution in [0.2, 0.25) is 0 Å². The van der Waals surface area contributed by atoms with Gasteiger partial charge in [0.05, 0.1) is 25.1 Å². The van der Waals surface area contributed by atoms with E-state index in [0.29, 0.717) is 19.4 Å². The van der Waals surface area contributed by atoms with Crippen molar-refractivity contribution in [2.45, 2.75) is 102 Å². The van der Waals surface area contributed by atoms with Gasteiger partial charge in [-0.05, 0) is 26.3 Å². The SMILES string of the molecule is C[C@H]1OC=CC(=O)[C@@H]1O[C@@H]1CCC(=O)[C@H](O[C@@H]2CCC(=O)[C@H](OCc3ccccc3)[C@@H](C)O2)[C@@H](C)O1. The van der Waals surface area contributed by atoms with Crippen LogP contribution in [0.4, 0.5) is 0 Å². The van der Waals surface area contributed by atoms with Crippen LogP contribution in [0, 0.1) is 0 Å². The van der Waals surface area contributed by atoms with Crippen molar-refractivity contribution in [2.24, 2.45) is 0 Å². The minimum Gasteiger partial charge on any atom is -0.495 e. The lowest BCUT2D eigenvalue weighted by Crippen LogP contribution is -2.43. The Hall–Kier alpha value is -2.43. The topological polar surface area (TPSA) is 107 Å². The molecule has 196 valence electrons. The first-order valence-corrected chi connectivity index (χ1v) is 12.5. The third-order valence-electron chi connectivity index (χ3n) is 6.57. The van der Waals surface area contributed by atoms with Gasteiger partial charge in [0.1, 0.15) is 18.3 Å². The Morgan fingerprint density at radius 2 is 1.36 bits per heavy atom. The van der Waals surface area contributed by atoms with E-state index in [0.717, 1.165) is 5.56 Å². The Morgan fingerprint density at radius 1 is 0.778 bits per heavy atom. The molecule has 0 spiro atoms. The van der Waals surface area contributed by atoms with E-state index in [2.05, 4.69) is 0 Å². The van der Waals surface area contributed by atoms with Crippen molar-refractivity contribution < 1.29 is 42.8 Å². The summed E-state index contributed by atoms with van der Waals surface area (Å²) in [6, 6.07) is 9.62. The highest BCUT2D eigenvalue weighted by atomic mass is 16.7. The number of Topliss-reactive ketones (excluding diaryl/α,β-unsaturated/α-hetero) is 2. The van der Waals surface area contributed by atoms with Crippen LogP contribution >= 0.6 is 0 Å². The molecule has 3 aliphatic rings. The van der Waals surface area contributed by atoms with Gasteiger partial charge in [-0.3, -0.25) is 14.4 Å². The molecule has 0 unspecified atom stereocenters. The van der Waals surface area contributed by atoms with Crippen LogP contribution in [0.1, 0.15) is 52.0 Å². The summed E-state index contributed by atoms with van der Waals surface area (Å²) in [4.78, 5) is 37.8. The third-order valence-corrected chi connectivity index (χ3v) is 6.57. The molecule has 0 radical (unpaired) electrons. The molecule has 0 aromatic heterocycles. The van der Waals surface area contributed by atoms with Gasteiger partial charge in [-0.2, -0.15) is 0 Å². The number of carbonyl (C=O) groups excluding carboxylic acids is 3. The van der Waals surface area contributed by atoms with Gasteiger partial charge < -0.3 is 28.4 Å². The average Bonchev–Trinajstić information content (AvgIpc) is 3.07. The molecule has 4 rings (SSSR count). The Balaban J connectivity index is 1.33. The Kier molecular flexibility index (Phi) is 9.03. The predicted molar refractivity (Wildman–Crippen MR) is 127 cm³/mol. The van der Waals surface area contributed by atoms with Crippen molar-refractivity contribution in [3.05, 3.63) is 48.2 Å². The molecule has 3 heterocycles. The minimum absolute atomic E-state index is 0.0583. The summed E-state index contributed by atoms with van der Waals surface area (Å²) >= 11 is 0. The second-order valence-electron chi connectivity index (χ2n) is 9.43. The largest absolute Gasteiger partial charge is 0.495 e. The second kappa shape index (κ2) is 12.2. The molecule has 1 aromatic carbocycles. The van der Waals surface area contributed by atoms with Crippen molar-refractivity contribution >= 4 is 17.3 Å². The lowest BCUT2D eigenvalue weighted by molar-refractivity contribution is -0.244. The van der Waals surface area contributed by atoms with Crippen molar-refractivity contribution in [1.29, 1.82) is 0 Å². The Morgan fingerprint density at radius 3 is 2.00 bits per heavy atom. The molecular weight excluding hydrogens is 468 g/mol. The van der Waals surface area contributed by atoms with E-state index in [-0.39, 0.29) is 30.2 Å². The zero-order chi connectivity index (χ0) is 25.7. The number of benzene rings is 1. The number of hydrogen-bond donors (Lipinski definition) is 0. The summed E-state index contributed by atoms with van der Waals surface area (Å²) < 4.78 is 35.2. The maximum atomic E-state index is 12.9. The Labute approximate surface area is 211 Å². The van der Waals surface area contributed by atoms with Gasteiger partial charge in [-0.25, -0.2) is 0 Å². The molecule has 0 saturated carbocycles. The molecule has 9 nitrogen and oxygen atoms in total. The van der Waals surface area contributed by atoms with Crippen LogP contribution in [0.15, 0.2) is 42.7 Å². The molecule has 0 amide bonds. The molecule has 0 bridgehead atoms. The van der Waals surface area contributed by atoms with Crippen molar-refractivity contribution in [1.82, 2.24) is 0 Å². The van der Waals surface area contributed by atoms with Gasteiger partial charge in [-0.1, -0.05) is 30.3 Å². The summed E-state index contributed by atoms with van der Waals surface area (Å²) in [5.74, 6) is -0.406. The van der Waals surface area contributed by atoms with E-state index >= 15 is 0 Å². The first-order valence-electron chi connectivity index (χ1n) is 12.5. The van der Waals surface area contributed by atoms with Gasteiger partial charge in [0, 0.05) is 31.8 Å². The quantitative estimate of drug-likeness (QED) is 0.556. The summed E-state index contributed by atoms with van der Waals surface area (Å²) in [6.07, 6.45) is -1.91. The first kappa shape index (κ1) is 26.6. The highest BCUT2D eigenvalue weighted by Gasteiger charge is 2.40. The van der Waals surface area contributed by atoms with Gasteiger partial charge >= 0.3 is 0 Å². The van der Waals surface area contributed by atoms with E-state index in [1.807, 2.05) is 30.3 Å². The van der Waals surface area contributed by atoms with E-state index in [1.54, 1.807) is 20.8 Å². The second-order valence-corrected chi connectivity index (χ2v) is 9.43. The van der Waals surface area contributed by atoms with E-state index < -0.39 is 49.2 Å². The predicted octanol–water partition coefficient (Wildman–Crippen LogP) is 3.03. The number of rotatable bonds is 7. The highest BCUT2D eigenvalue weighted by molar-refractivity contribution is 5.94. The molecule has 36 heavy (non-hydrogen) atoms. The number of ether oxygens (including phenoxy) is 6. The molecule has 9 heteroatoms. The average molecular weight is 503 g/mol. The lowest BCUT2D eigenvalue weighted by atomic mass is 10.1. The smallest absolute Gasteiger partial charge is 0.191 e. The molecule has 2 fully saturated rings. The summed E-state index contributed by atoms with van der Waals surface area (Å²) in [7, 11) is 0. The molecule has 0 N–H and O–H groups in total. The van der Waals surface area contributed by atoms with Gasteiger partial charge in [0.2, 0.25) is 0 Å². The zero-order valence-electron chi connectivity index (χ0n) is 20.9. The standard InChI is InChI=1S/C27H34O9/c1-16-26(22(30)13-14-31-16)35-24-12-10-21(29)27(18(3)34-24)36-23-11-9-20(28)25(17(2)33-23)32-15-19-7-5-4-6-8-19/h4-8,13-14,16-18,23-27H,9-12,15H2,1-3H3/t16-,17-,18-,23-,24-,25-,26-,27-/m1/s1. The number of ketones is 3. The molecule has 2 saturated heterocycles. The Bertz CT molecular complexity index is 946. The normalized spacial score (nSPS) is 35.7. The van der Waals surface area contributed by atoms with Crippen LogP contribution in [0.3, 0.4) is 0 Å². The van der Waals surface area contributed by atoms with E-state index in [1.165, 1.54) is 12.3 Å². The van der Waals surface area contributed by atoms with Crippen LogP contribution in [0.5, 0.6) is 0 Å².